The minimum atomic E-state index is -0.511. The molecule has 10 nitrogen and oxygen atoms in total. The van der Waals surface area contributed by atoms with Gasteiger partial charge in [0.1, 0.15) is 51.8 Å². The maximum atomic E-state index is 15.6. The second kappa shape index (κ2) is 13.7. The number of benzene rings is 2. The molecule has 244 valence electrons. The van der Waals surface area contributed by atoms with Crippen molar-refractivity contribution in [3.05, 3.63) is 84.2 Å². The van der Waals surface area contributed by atoms with E-state index in [1.807, 2.05) is 22.6 Å². The Labute approximate surface area is 278 Å². The first-order chi connectivity index (χ1) is 22.7. The van der Waals surface area contributed by atoms with Crippen molar-refractivity contribution in [2.24, 2.45) is 0 Å². The number of aromatic nitrogens is 3. The predicted molar refractivity (Wildman–Crippen MR) is 180 cm³/mol. The number of hydrogen-bond donors (Lipinski definition) is 1. The van der Waals surface area contributed by atoms with Gasteiger partial charge in [-0.2, -0.15) is 5.26 Å². The molecule has 2 aliphatic rings. The van der Waals surface area contributed by atoms with E-state index in [1.54, 1.807) is 59.4 Å². The SMILES string of the molecule is CN(C1COC1)C(C)(C)SC/C=C(\C#N)C(=O)N1CCC[C@H]1Cc1nc(-c2ccc(Oc3ccccc3)cc2F)c2c(N)nccn12. The van der Waals surface area contributed by atoms with Crippen LogP contribution in [-0.2, 0) is 16.0 Å². The molecular formula is C35H38FN7O3S. The molecule has 2 aliphatic heterocycles. The number of ether oxygens (including phenoxy) is 2. The molecule has 2 fully saturated rings. The zero-order valence-corrected chi connectivity index (χ0v) is 27.5. The number of halogens is 1. The lowest BCUT2D eigenvalue weighted by atomic mass is 10.1. The van der Waals surface area contributed by atoms with E-state index in [0.717, 1.165) is 26.1 Å². The molecule has 2 aromatic carbocycles. The summed E-state index contributed by atoms with van der Waals surface area (Å²) in [5, 5.41) is 9.95. The van der Waals surface area contributed by atoms with Gasteiger partial charge in [0.25, 0.3) is 5.91 Å². The molecule has 1 amide bonds. The van der Waals surface area contributed by atoms with Crippen LogP contribution in [0.1, 0.15) is 32.5 Å². The van der Waals surface area contributed by atoms with Gasteiger partial charge >= 0.3 is 0 Å². The monoisotopic (exact) mass is 655 g/mol. The lowest BCUT2D eigenvalue weighted by molar-refractivity contribution is -0.127. The fraction of sp³-hybridized carbons (Fsp3) is 0.371. The fourth-order valence-electron chi connectivity index (χ4n) is 6.01. The number of likely N-dealkylation sites (tertiary alicyclic amines) is 1. The van der Waals surface area contributed by atoms with Crippen molar-refractivity contribution in [1.82, 2.24) is 24.2 Å². The Morgan fingerprint density at radius 1 is 1.26 bits per heavy atom. The number of anilines is 1. The topological polar surface area (TPSA) is 122 Å². The van der Waals surface area contributed by atoms with Crippen LogP contribution < -0.4 is 10.5 Å². The first-order valence-corrected chi connectivity index (χ1v) is 16.6. The summed E-state index contributed by atoms with van der Waals surface area (Å²) in [7, 11) is 2.08. The quantitative estimate of drug-likeness (QED) is 0.123. The molecule has 2 saturated heterocycles. The Hall–Kier alpha value is -4.44. The summed E-state index contributed by atoms with van der Waals surface area (Å²) in [5.41, 5.74) is 7.57. The van der Waals surface area contributed by atoms with Crippen LogP contribution in [0.5, 0.6) is 11.5 Å². The average Bonchev–Trinajstić information content (AvgIpc) is 3.64. The zero-order chi connectivity index (χ0) is 33.1. The van der Waals surface area contributed by atoms with Crippen LogP contribution in [0, 0.1) is 17.1 Å². The van der Waals surface area contributed by atoms with Crippen molar-refractivity contribution in [2.75, 3.05) is 38.3 Å². The number of thioether (sulfide) groups is 1. The van der Waals surface area contributed by atoms with Crippen LogP contribution in [0.15, 0.2) is 72.6 Å². The summed E-state index contributed by atoms with van der Waals surface area (Å²) in [6.07, 6.45) is 7.02. The van der Waals surface area contributed by atoms with Crippen molar-refractivity contribution >= 4 is 29.0 Å². The van der Waals surface area contributed by atoms with E-state index in [2.05, 4.69) is 36.8 Å². The Kier molecular flexibility index (Phi) is 9.50. The lowest BCUT2D eigenvalue weighted by Gasteiger charge is -2.44. The normalized spacial score (nSPS) is 17.2. The van der Waals surface area contributed by atoms with Gasteiger partial charge in [0, 0.05) is 48.8 Å². The van der Waals surface area contributed by atoms with Gasteiger partial charge in [-0.3, -0.25) is 14.1 Å². The van der Waals surface area contributed by atoms with E-state index in [-0.39, 0.29) is 33.8 Å². The van der Waals surface area contributed by atoms with Crippen LogP contribution in [0.2, 0.25) is 0 Å². The molecule has 2 N–H and O–H groups in total. The third-order valence-corrected chi connectivity index (χ3v) is 10.3. The highest BCUT2D eigenvalue weighted by atomic mass is 32.2. The fourth-order valence-corrected chi connectivity index (χ4v) is 7.02. The zero-order valence-electron chi connectivity index (χ0n) is 26.7. The van der Waals surface area contributed by atoms with Crippen molar-refractivity contribution < 1.29 is 18.7 Å². The number of imidazole rings is 1. The summed E-state index contributed by atoms with van der Waals surface area (Å²) in [6, 6.07) is 16.1. The summed E-state index contributed by atoms with van der Waals surface area (Å²) in [6.45, 7) is 6.26. The smallest absolute Gasteiger partial charge is 0.264 e. The van der Waals surface area contributed by atoms with E-state index in [1.165, 1.54) is 6.07 Å². The maximum Gasteiger partial charge on any atom is 0.264 e. The molecule has 0 bridgehead atoms. The number of nitrogen functional groups attached to an aromatic ring is 1. The Morgan fingerprint density at radius 2 is 2.04 bits per heavy atom. The first-order valence-electron chi connectivity index (χ1n) is 15.7. The minimum absolute atomic E-state index is 0.136. The van der Waals surface area contributed by atoms with Gasteiger partial charge < -0.3 is 20.1 Å². The van der Waals surface area contributed by atoms with E-state index in [4.69, 9.17) is 20.2 Å². The molecule has 0 unspecified atom stereocenters. The van der Waals surface area contributed by atoms with Gasteiger partial charge in [0.05, 0.1) is 24.1 Å². The number of carbonyl (C=O) groups excluding carboxylic acids is 1. The van der Waals surface area contributed by atoms with Crippen molar-refractivity contribution in [3.63, 3.8) is 0 Å². The number of rotatable bonds is 11. The van der Waals surface area contributed by atoms with E-state index in [0.29, 0.717) is 53.3 Å². The summed E-state index contributed by atoms with van der Waals surface area (Å²) >= 11 is 1.68. The Balaban J connectivity index is 1.21. The summed E-state index contributed by atoms with van der Waals surface area (Å²) in [5.74, 6) is 1.54. The lowest BCUT2D eigenvalue weighted by Crippen LogP contribution is -2.54. The molecule has 2 aromatic heterocycles. The molecule has 0 aliphatic carbocycles. The van der Waals surface area contributed by atoms with Crippen LogP contribution in [0.4, 0.5) is 10.2 Å². The number of nitrogens with two attached hydrogens (primary N) is 1. The molecule has 0 radical (unpaired) electrons. The Bertz CT molecular complexity index is 1830. The molecule has 4 heterocycles. The molecule has 47 heavy (non-hydrogen) atoms. The van der Waals surface area contributed by atoms with Gasteiger partial charge in [-0.15, -0.1) is 11.8 Å². The van der Waals surface area contributed by atoms with E-state index < -0.39 is 5.82 Å². The van der Waals surface area contributed by atoms with Gasteiger partial charge in [-0.05, 0) is 58.0 Å². The first kappa shape index (κ1) is 32.5. The minimum Gasteiger partial charge on any atom is -0.457 e. The number of para-hydroxylation sites is 1. The number of hydrogen-bond acceptors (Lipinski definition) is 9. The highest BCUT2D eigenvalue weighted by molar-refractivity contribution is 8.00. The maximum absolute atomic E-state index is 15.6. The number of nitriles is 1. The number of nitrogens with zero attached hydrogens (tertiary/aromatic N) is 6. The highest BCUT2D eigenvalue weighted by Gasteiger charge is 2.35. The number of carbonyl (C=O) groups is 1. The van der Waals surface area contributed by atoms with Crippen LogP contribution >= 0.6 is 11.8 Å². The van der Waals surface area contributed by atoms with Crippen LogP contribution in [0.25, 0.3) is 16.8 Å². The van der Waals surface area contributed by atoms with Crippen molar-refractivity contribution in [1.29, 1.82) is 5.26 Å². The summed E-state index contributed by atoms with van der Waals surface area (Å²) in [4.78, 5) is 26.6. The largest absolute Gasteiger partial charge is 0.457 e. The molecule has 1 atom stereocenters. The molecule has 0 spiro atoms. The van der Waals surface area contributed by atoms with Gasteiger partial charge in [0.2, 0.25) is 0 Å². The number of fused-ring (bicyclic) bond motifs is 1. The van der Waals surface area contributed by atoms with Crippen LogP contribution in [0.3, 0.4) is 0 Å². The van der Waals surface area contributed by atoms with Crippen LogP contribution in [-0.4, -0.2) is 79.6 Å². The third-order valence-electron chi connectivity index (χ3n) is 8.98. The standard InChI is InChI=1S/C35H38FN7O3S/c1-35(2,41(3)25-21-45-22-25)47-17-13-23(20-37)34(44)42-15-7-8-24(42)18-30-40-31(32-33(38)39-14-16-43(30)32)28-12-11-27(19-29(28)36)46-26-9-5-4-6-10-26/h4-6,9-14,16,19,24-25H,7-8,15,17-18,21-22H2,1-3H3,(H2,38,39)/b23-13+/t24-/m0/s1. The van der Waals surface area contributed by atoms with Gasteiger partial charge in [0.15, 0.2) is 0 Å². The van der Waals surface area contributed by atoms with Crippen molar-refractivity contribution in [3.8, 4) is 28.8 Å². The van der Waals surface area contributed by atoms with E-state index >= 15 is 4.39 Å². The highest BCUT2D eigenvalue weighted by Crippen LogP contribution is 2.35. The average molecular weight is 656 g/mol. The second-order valence-corrected chi connectivity index (χ2v) is 13.9. The third kappa shape index (κ3) is 6.83. The predicted octanol–water partition coefficient (Wildman–Crippen LogP) is 5.69. The number of likely N-dealkylation sites (N-methyl/N-ethyl adjacent to an activating group) is 1. The summed E-state index contributed by atoms with van der Waals surface area (Å²) < 4.78 is 28.6. The number of amides is 1. The second-order valence-electron chi connectivity index (χ2n) is 12.3. The Morgan fingerprint density at radius 3 is 2.74 bits per heavy atom. The molecular weight excluding hydrogens is 617 g/mol. The molecule has 4 aromatic rings. The van der Waals surface area contributed by atoms with E-state index in [9.17, 15) is 10.1 Å². The molecule has 12 heteroatoms. The van der Waals surface area contributed by atoms with Gasteiger partial charge in [-0.1, -0.05) is 24.3 Å². The molecule has 0 saturated carbocycles. The van der Waals surface area contributed by atoms with Crippen molar-refractivity contribution in [2.45, 2.75) is 50.1 Å². The molecule has 6 rings (SSSR count). The van der Waals surface area contributed by atoms with Gasteiger partial charge in [-0.25, -0.2) is 14.4 Å².